The molecule has 7 heteroatoms. The van der Waals surface area contributed by atoms with Crippen LogP contribution in [0.5, 0.6) is 5.75 Å². The van der Waals surface area contributed by atoms with E-state index in [9.17, 15) is 9.59 Å². The van der Waals surface area contributed by atoms with Gasteiger partial charge >= 0.3 is 0 Å². The van der Waals surface area contributed by atoms with E-state index in [4.69, 9.17) is 22.1 Å². The molecule has 1 aromatic heterocycles. The number of halogens is 1. The Kier molecular flexibility index (Phi) is 5.64. The van der Waals surface area contributed by atoms with Crippen LogP contribution in [0, 0.1) is 0 Å². The number of carbonyl (C=O) groups is 2. The minimum atomic E-state index is -0.402. The van der Waals surface area contributed by atoms with Gasteiger partial charge in [-0.05, 0) is 61.5 Å². The minimum Gasteiger partial charge on any atom is -0.494 e. The first-order valence-corrected chi connectivity index (χ1v) is 10.1. The van der Waals surface area contributed by atoms with Crippen LogP contribution in [-0.2, 0) is 0 Å². The molecule has 4 rings (SSSR count). The maximum Gasteiger partial charge on any atom is 0.263 e. The fraction of sp³-hybridized carbons (Fsp3) is 0.0833. The summed E-state index contributed by atoms with van der Waals surface area (Å²) in [6.45, 7) is 2.46. The molecule has 0 aliphatic carbocycles. The number of nitrogen functional groups attached to an aromatic ring is 1. The van der Waals surface area contributed by atoms with Crippen molar-refractivity contribution in [3.8, 4) is 5.75 Å². The number of carbonyl (C=O) groups excluding carboxylic acids is 2. The summed E-state index contributed by atoms with van der Waals surface area (Å²) in [7, 11) is 0. The number of nitrogens with one attached hydrogen (secondary N) is 1. The fourth-order valence-electron chi connectivity index (χ4n) is 3.43. The molecule has 0 aliphatic heterocycles. The Morgan fingerprint density at radius 3 is 2.35 bits per heavy atom. The summed E-state index contributed by atoms with van der Waals surface area (Å²) in [5.74, 6) is 0.0424. The van der Waals surface area contributed by atoms with E-state index >= 15 is 0 Å². The number of anilines is 2. The van der Waals surface area contributed by atoms with Gasteiger partial charge < -0.3 is 15.8 Å². The molecule has 1 amide bonds. The normalized spacial score (nSPS) is 10.8. The summed E-state index contributed by atoms with van der Waals surface area (Å²) in [5.41, 5.74) is 8.14. The monoisotopic (exact) mass is 433 g/mol. The molecule has 0 bridgehead atoms. The Balaban J connectivity index is 1.73. The van der Waals surface area contributed by atoms with E-state index in [0.29, 0.717) is 39.5 Å². The summed E-state index contributed by atoms with van der Waals surface area (Å²) >= 11 is 5.94. The average molecular weight is 434 g/mol. The Morgan fingerprint density at radius 1 is 1.00 bits per heavy atom. The number of aromatic nitrogens is 1. The largest absolute Gasteiger partial charge is 0.494 e. The van der Waals surface area contributed by atoms with Crippen molar-refractivity contribution in [2.24, 2.45) is 0 Å². The molecular formula is C24H20ClN3O3. The summed E-state index contributed by atoms with van der Waals surface area (Å²) in [5, 5.41) is 3.96. The molecular weight excluding hydrogens is 414 g/mol. The number of para-hydroxylation sites is 1. The van der Waals surface area contributed by atoms with E-state index in [1.54, 1.807) is 72.8 Å². The van der Waals surface area contributed by atoms with Gasteiger partial charge in [-0.3, -0.25) is 14.2 Å². The standard InChI is InChI=1S/C24H20ClN3O3/c1-2-31-18-13-11-17(12-14-18)27-23(29)21-19-5-3-4-6-20(19)28(22(21)26)24(30)15-7-9-16(25)10-8-15/h3-14H,2,26H2,1H3,(H,27,29). The molecule has 4 aromatic rings. The molecule has 0 spiro atoms. The smallest absolute Gasteiger partial charge is 0.263 e. The van der Waals surface area contributed by atoms with Crippen LogP contribution in [0.2, 0.25) is 5.02 Å². The lowest BCUT2D eigenvalue weighted by molar-refractivity contribution is 0.0967. The van der Waals surface area contributed by atoms with Crippen LogP contribution in [0.1, 0.15) is 27.6 Å². The molecule has 0 fully saturated rings. The van der Waals surface area contributed by atoms with Crippen molar-refractivity contribution >= 4 is 45.8 Å². The molecule has 0 saturated carbocycles. The van der Waals surface area contributed by atoms with Crippen LogP contribution in [-0.4, -0.2) is 23.0 Å². The van der Waals surface area contributed by atoms with E-state index in [1.165, 1.54) is 4.57 Å². The Bertz CT molecular complexity index is 1260. The highest BCUT2D eigenvalue weighted by molar-refractivity contribution is 6.30. The molecule has 0 radical (unpaired) electrons. The highest BCUT2D eigenvalue weighted by Gasteiger charge is 2.24. The van der Waals surface area contributed by atoms with Crippen molar-refractivity contribution < 1.29 is 14.3 Å². The van der Waals surface area contributed by atoms with E-state index in [0.717, 1.165) is 0 Å². The quantitative estimate of drug-likeness (QED) is 0.452. The minimum absolute atomic E-state index is 0.0737. The number of amides is 1. The molecule has 31 heavy (non-hydrogen) atoms. The summed E-state index contributed by atoms with van der Waals surface area (Å²) < 4.78 is 6.78. The third-order valence-electron chi connectivity index (χ3n) is 4.86. The third-order valence-corrected chi connectivity index (χ3v) is 5.11. The number of nitrogens with two attached hydrogens (primary N) is 1. The van der Waals surface area contributed by atoms with E-state index in [1.807, 2.05) is 6.92 Å². The lowest BCUT2D eigenvalue weighted by Gasteiger charge is -2.09. The van der Waals surface area contributed by atoms with Gasteiger partial charge in [-0.2, -0.15) is 0 Å². The van der Waals surface area contributed by atoms with Crippen LogP contribution in [0.3, 0.4) is 0 Å². The first-order chi connectivity index (χ1) is 15.0. The molecule has 0 aliphatic rings. The number of rotatable bonds is 5. The Hall–Kier alpha value is -3.77. The van der Waals surface area contributed by atoms with Gasteiger partial charge in [0.25, 0.3) is 11.8 Å². The van der Waals surface area contributed by atoms with Gasteiger partial charge in [-0.25, -0.2) is 0 Å². The first kappa shape index (κ1) is 20.5. The second-order valence-corrected chi connectivity index (χ2v) is 7.27. The molecule has 6 nitrogen and oxygen atoms in total. The predicted octanol–water partition coefficient (Wildman–Crippen LogP) is 5.22. The highest BCUT2D eigenvalue weighted by Crippen LogP contribution is 2.30. The lowest BCUT2D eigenvalue weighted by Crippen LogP contribution is -2.17. The SMILES string of the molecule is CCOc1ccc(NC(=O)c2c(N)n(C(=O)c3ccc(Cl)cc3)c3ccccc23)cc1. The average Bonchev–Trinajstić information content (AvgIpc) is 3.07. The molecule has 3 aromatic carbocycles. The topological polar surface area (TPSA) is 86.3 Å². The van der Waals surface area contributed by atoms with Crippen molar-refractivity contribution in [2.45, 2.75) is 6.92 Å². The second-order valence-electron chi connectivity index (χ2n) is 6.84. The van der Waals surface area contributed by atoms with Crippen molar-refractivity contribution in [3.63, 3.8) is 0 Å². The number of benzene rings is 3. The number of fused-ring (bicyclic) bond motifs is 1. The number of ether oxygens (including phenoxy) is 1. The molecule has 3 N–H and O–H groups in total. The summed E-state index contributed by atoms with van der Waals surface area (Å²) in [6, 6.07) is 20.7. The Labute approximate surface area is 184 Å². The van der Waals surface area contributed by atoms with Crippen LogP contribution in [0.15, 0.2) is 72.8 Å². The lowest BCUT2D eigenvalue weighted by atomic mass is 10.1. The van der Waals surface area contributed by atoms with Crippen LogP contribution >= 0.6 is 11.6 Å². The number of hydrogen-bond donors (Lipinski definition) is 2. The van der Waals surface area contributed by atoms with Gasteiger partial charge in [0, 0.05) is 21.7 Å². The number of hydrogen-bond acceptors (Lipinski definition) is 4. The Morgan fingerprint density at radius 2 is 1.68 bits per heavy atom. The van der Waals surface area contributed by atoms with E-state index in [2.05, 4.69) is 5.32 Å². The highest BCUT2D eigenvalue weighted by atomic mass is 35.5. The maximum atomic E-state index is 13.2. The summed E-state index contributed by atoms with van der Waals surface area (Å²) in [4.78, 5) is 26.3. The van der Waals surface area contributed by atoms with E-state index in [-0.39, 0.29) is 17.3 Å². The van der Waals surface area contributed by atoms with Gasteiger partial charge in [0.2, 0.25) is 0 Å². The van der Waals surface area contributed by atoms with Crippen molar-refractivity contribution in [1.82, 2.24) is 4.57 Å². The molecule has 1 heterocycles. The van der Waals surface area contributed by atoms with Gasteiger partial charge in [-0.15, -0.1) is 0 Å². The number of nitrogens with zero attached hydrogens (tertiary/aromatic N) is 1. The first-order valence-electron chi connectivity index (χ1n) is 9.73. The van der Waals surface area contributed by atoms with Gasteiger partial charge in [-0.1, -0.05) is 29.8 Å². The van der Waals surface area contributed by atoms with Crippen LogP contribution in [0.4, 0.5) is 11.5 Å². The van der Waals surface area contributed by atoms with Crippen LogP contribution in [0.25, 0.3) is 10.9 Å². The van der Waals surface area contributed by atoms with Crippen molar-refractivity contribution in [3.05, 3.63) is 88.9 Å². The van der Waals surface area contributed by atoms with Crippen molar-refractivity contribution in [2.75, 3.05) is 17.7 Å². The molecule has 156 valence electrons. The molecule has 0 atom stereocenters. The molecule has 0 saturated heterocycles. The van der Waals surface area contributed by atoms with E-state index < -0.39 is 5.91 Å². The zero-order valence-corrected chi connectivity index (χ0v) is 17.5. The molecule has 0 unspecified atom stereocenters. The van der Waals surface area contributed by atoms with Crippen LogP contribution < -0.4 is 15.8 Å². The summed E-state index contributed by atoms with van der Waals surface area (Å²) in [6.07, 6.45) is 0. The second kappa shape index (κ2) is 8.53. The zero-order chi connectivity index (χ0) is 22.0. The predicted molar refractivity (Wildman–Crippen MR) is 123 cm³/mol. The van der Waals surface area contributed by atoms with Gasteiger partial charge in [0.05, 0.1) is 17.7 Å². The van der Waals surface area contributed by atoms with Crippen molar-refractivity contribution in [1.29, 1.82) is 0 Å². The van der Waals surface area contributed by atoms with Gasteiger partial charge in [0.15, 0.2) is 0 Å². The third kappa shape index (κ3) is 3.98. The maximum absolute atomic E-state index is 13.2. The fourth-order valence-corrected chi connectivity index (χ4v) is 3.56. The zero-order valence-electron chi connectivity index (χ0n) is 16.8. The van der Waals surface area contributed by atoms with Gasteiger partial charge in [0.1, 0.15) is 11.6 Å².